The fraction of sp³-hybridized carbons (Fsp3) is 0.357. The molecule has 0 saturated carbocycles. The van der Waals surface area contributed by atoms with Gasteiger partial charge in [-0.2, -0.15) is 5.10 Å². The number of methoxy groups -OCH3 is 2. The number of H-pyrrole nitrogens is 1. The lowest BCUT2D eigenvalue weighted by Crippen LogP contribution is -1.97. The molecule has 0 aliphatic heterocycles. The van der Waals surface area contributed by atoms with Gasteiger partial charge in [-0.05, 0) is 24.1 Å². The first kappa shape index (κ1) is 11.1. The molecule has 0 saturated heterocycles. The Bertz CT molecular complexity index is 589. The summed E-state index contributed by atoms with van der Waals surface area (Å²) in [5, 5.41) is 7.22. The third-order valence-electron chi connectivity index (χ3n) is 3.65. The van der Waals surface area contributed by atoms with Crippen molar-refractivity contribution in [3.8, 4) is 22.8 Å². The van der Waals surface area contributed by atoms with Gasteiger partial charge in [0.05, 0.1) is 26.1 Å². The van der Waals surface area contributed by atoms with Gasteiger partial charge in [-0.15, -0.1) is 0 Å². The molecule has 94 valence electrons. The predicted molar refractivity (Wildman–Crippen MR) is 69.3 cm³/mol. The van der Waals surface area contributed by atoms with Crippen molar-refractivity contribution < 1.29 is 9.47 Å². The number of aromatic nitrogens is 2. The van der Waals surface area contributed by atoms with Crippen molar-refractivity contribution in [3.05, 3.63) is 29.5 Å². The van der Waals surface area contributed by atoms with Crippen LogP contribution in [0.4, 0.5) is 0 Å². The van der Waals surface area contributed by atoms with Crippen LogP contribution in [0.15, 0.2) is 18.3 Å². The lowest BCUT2D eigenvalue weighted by atomic mass is 9.95. The van der Waals surface area contributed by atoms with Gasteiger partial charge in [0, 0.05) is 17.0 Å². The lowest BCUT2D eigenvalue weighted by molar-refractivity contribution is 0.354. The Hall–Kier alpha value is -1.97. The Kier molecular flexibility index (Phi) is 2.51. The average molecular weight is 244 g/mol. The zero-order valence-electron chi connectivity index (χ0n) is 10.8. The van der Waals surface area contributed by atoms with Gasteiger partial charge in [-0.25, -0.2) is 0 Å². The highest BCUT2D eigenvalue weighted by atomic mass is 16.5. The molecule has 1 unspecified atom stereocenters. The molecule has 0 fully saturated rings. The van der Waals surface area contributed by atoms with Crippen molar-refractivity contribution in [2.75, 3.05) is 14.2 Å². The second kappa shape index (κ2) is 4.05. The topological polar surface area (TPSA) is 47.1 Å². The summed E-state index contributed by atoms with van der Waals surface area (Å²) in [5.74, 6) is 1.94. The Labute approximate surface area is 106 Å². The molecule has 18 heavy (non-hydrogen) atoms. The third-order valence-corrected chi connectivity index (χ3v) is 3.65. The zero-order valence-corrected chi connectivity index (χ0v) is 10.8. The maximum Gasteiger partial charge on any atom is 0.161 e. The number of aromatic amines is 1. The number of benzene rings is 1. The molecule has 0 radical (unpaired) electrons. The average Bonchev–Trinajstić information content (AvgIpc) is 2.96. The first-order chi connectivity index (χ1) is 8.80. The van der Waals surface area contributed by atoms with Gasteiger partial charge < -0.3 is 9.47 Å². The second-order valence-electron chi connectivity index (χ2n) is 4.46. The summed E-state index contributed by atoms with van der Waals surface area (Å²) in [6.07, 6.45) is 2.97. The SMILES string of the molecule is CCC1c2cc(OC)c(OC)cc2-c2[nH]ncc21. The minimum Gasteiger partial charge on any atom is -0.493 e. The molecule has 1 N–H and O–H groups in total. The highest BCUT2D eigenvalue weighted by Gasteiger charge is 2.30. The first-order valence-corrected chi connectivity index (χ1v) is 6.09. The van der Waals surface area contributed by atoms with Crippen molar-refractivity contribution in [1.82, 2.24) is 10.2 Å². The summed E-state index contributed by atoms with van der Waals surface area (Å²) in [6, 6.07) is 4.11. The van der Waals surface area contributed by atoms with Crippen LogP contribution in [0.5, 0.6) is 11.5 Å². The van der Waals surface area contributed by atoms with Crippen LogP contribution in [0.2, 0.25) is 0 Å². The van der Waals surface area contributed by atoms with E-state index in [9.17, 15) is 0 Å². The number of ether oxygens (including phenoxy) is 2. The molecule has 1 atom stereocenters. The highest BCUT2D eigenvalue weighted by Crippen LogP contribution is 2.48. The molecule has 4 nitrogen and oxygen atoms in total. The summed E-state index contributed by atoms with van der Waals surface area (Å²) in [5.41, 5.74) is 4.84. The molecule has 1 aliphatic carbocycles. The Morgan fingerprint density at radius 3 is 2.56 bits per heavy atom. The summed E-state index contributed by atoms with van der Waals surface area (Å²) < 4.78 is 10.7. The van der Waals surface area contributed by atoms with Crippen LogP contribution in [-0.4, -0.2) is 24.4 Å². The number of hydrogen-bond acceptors (Lipinski definition) is 3. The molecule has 0 spiro atoms. The van der Waals surface area contributed by atoms with E-state index >= 15 is 0 Å². The minimum atomic E-state index is 0.397. The van der Waals surface area contributed by atoms with E-state index in [1.165, 1.54) is 16.7 Å². The lowest BCUT2D eigenvalue weighted by Gasteiger charge is -2.13. The zero-order chi connectivity index (χ0) is 12.7. The predicted octanol–water partition coefficient (Wildman–Crippen LogP) is 2.95. The number of hydrogen-bond donors (Lipinski definition) is 1. The van der Waals surface area contributed by atoms with Gasteiger partial charge in [-0.3, -0.25) is 5.10 Å². The largest absolute Gasteiger partial charge is 0.493 e. The fourth-order valence-electron chi connectivity index (χ4n) is 2.78. The van der Waals surface area contributed by atoms with Crippen LogP contribution >= 0.6 is 0 Å². The molecule has 1 aliphatic rings. The molecule has 1 aromatic heterocycles. The Morgan fingerprint density at radius 2 is 1.89 bits per heavy atom. The van der Waals surface area contributed by atoms with Gasteiger partial charge in [-0.1, -0.05) is 6.92 Å². The van der Waals surface area contributed by atoms with Crippen LogP contribution in [-0.2, 0) is 0 Å². The fourth-order valence-corrected chi connectivity index (χ4v) is 2.78. The van der Waals surface area contributed by atoms with Crippen molar-refractivity contribution in [1.29, 1.82) is 0 Å². The van der Waals surface area contributed by atoms with Crippen molar-refractivity contribution in [2.24, 2.45) is 0 Å². The first-order valence-electron chi connectivity index (χ1n) is 6.09. The number of rotatable bonds is 3. The smallest absolute Gasteiger partial charge is 0.161 e. The maximum atomic E-state index is 5.38. The van der Waals surface area contributed by atoms with Crippen molar-refractivity contribution in [2.45, 2.75) is 19.3 Å². The molecule has 3 rings (SSSR count). The molecular weight excluding hydrogens is 228 g/mol. The van der Waals surface area contributed by atoms with Crippen LogP contribution < -0.4 is 9.47 Å². The Balaban J connectivity index is 2.24. The molecular formula is C14H16N2O2. The summed E-state index contributed by atoms with van der Waals surface area (Å²) >= 11 is 0. The van der Waals surface area contributed by atoms with Crippen LogP contribution in [0.1, 0.15) is 30.4 Å². The van der Waals surface area contributed by atoms with Crippen LogP contribution in [0, 0.1) is 0 Å². The van der Waals surface area contributed by atoms with Crippen LogP contribution in [0.25, 0.3) is 11.3 Å². The highest BCUT2D eigenvalue weighted by molar-refractivity contribution is 5.78. The molecule has 2 aromatic rings. The van der Waals surface area contributed by atoms with E-state index in [0.29, 0.717) is 5.92 Å². The normalized spacial score (nSPS) is 16.3. The monoisotopic (exact) mass is 244 g/mol. The number of fused-ring (bicyclic) bond motifs is 3. The third kappa shape index (κ3) is 1.35. The summed E-state index contributed by atoms with van der Waals surface area (Å²) in [7, 11) is 3.32. The molecule has 4 heteroatoms. The van der Waals surface area contributed by atoms with E-state index < -0.39 is 0 Å². The van der Waals surface area contributed by atoms with E-state index in [4.69, 9.17) is 9.47 Å². The number of nitrogens with zero attached hydrogens (tertiary/aromatic N) is 1. The van der Waals surface area contributed by atoms with E-state index in [-0.39, 0.29) is 0 Å². The molecule has 0 bridgehead atoms. The van der Waals surface area contributed by atoms with Gasteiger partial charge in [0.15, 0.2) is 11.5 Å². The molecule has 1 aromatic carbocycles. The standard InChI is InChI=1S/C14H16N2O2/c1-4-8-9-5-12(17-2)13(18-3)6-10(9)14-11(8)7-15-16-14/h5-8H,4H2,1-3H3,(H,15,16). The minimum absolute atomic E-state index is 0.397. The van der Waals surface area contributed by atoms with Crippen molar-refractivity contribution >= 4 is 0 Å². The van der Waals surface area contributed by atoms with Gasteiger partial charge >= 0.3 is 0 Å². The van der Waals surface area contributed by atoms with E-state index in [1.54, 1.807) is 14.2 Å². The Morgan fingerprint density at radius 1 is 1.17 bits per heavy atom. The quantitative estimate of drug-likeness (QED) is 0.903. The van der Waals surface area contributed by atoms with Gasteiger partial charge in [0.2, 0.25) is 0 Å². The maximum absolute atomic E-state index is 5.38. The second-order valence-corrected chi connectivity index (χ2v) is 4.46. The summed E-state index contributed by atoms with van der Waals surface area (Å²) in [6.45, 7) is 2.19. The van der Waals surface area contributed by atoms with E-state index in [1.807, 2.05) is 12.3 Å². The van der Waals surface area contributed by atoms with E-state index in [2.05, 4.69) is 23.2 Å². The van der Waals surface area contributed by atoms with Gasteiger partial charge in [0.25, 0.3) is 0 Å². The molecule has 0 amide bonds. The van der Waals surface area contributed by atoms with E-state index in [0.717, 1.165) is 23.6 Å². The van der Waals surface area contributed by atoms with Crippen molar-refractivity contribution in [3.63, 3.8) is 0 Å². The van der Waals surface area contributed by atoms with Gasteiger partial charge in [0.1, 0.15) is 0 Å². The summed E-state index contributed by atoms with van der Waals surface area (Å²) in [4.78, 5) is 0. The van der Waals surface area contributed by atoms with Crippen LogP contribution in [0.3, 0.4) is 0 Å². The molecule has 1 heterocycles. The number of nitrogens with one attached hydrogen (secondary N) is 1.